The fraction of sp³-hybridized carbons (Fsp3) is 0.600. The maximum atomic E-state index is 6.03. The molecule has 1 atom stereocenters. The van der Waals surface area contributed by atoms with Gasteiger partial charge in [0.15, 0.2) is 0 Å². The van der Waals surface area contributed by atoms with Crippen LogP contribution in [0.25, 0.3) is 0 Å². The third kappa shape index (κ3) is 3.47. The second kappa shape index (κ2) is 6.21. The molecular weight excluding hydrogens is 224 g/mol. The Labute approximate surface area is 110 Å². The molecule has 1 unspecified atom stereocenters. The van der Waals surface area contributed by atoms with Gasteiger partial charge in [0.25, 0.3) is 0 Å². The Balaban J connectivity index is 1.87. The van der Waals surface area contributed by atoms with Gasteiger partial charge in [-0.05, 0) is 63.5 Å². The number of ether oxygens (including phenoxy) is 1. The molecule has 2 rings (SSSR count). The van der Waals surface area contributed by atoms with E-state index in [9.17, 15) is 0 Å². The van der Waals surface area contributed by atoms with Crippen molar-refractivity contribution in [2.75, 3.05) is 20.1 Å². The van der Waals surface area contributed by atoms with E-state index in [1.807, 2.05) is 24.3 Å². The molecule has 1 heterocycles. The van der Waals surface area contributed by atoms with E-state index in [2.05, 4.69) is 18.9 Å². The molecule has 1 aliphatic rings. The van der Waals surface area contributed by atoms with Gasteiger partial charge < -0.3 is 15.4 Å². The van der Waals surface area contributed by atoms with Crippen molar-refractivity contribution in [3.63, 3.8) is 0 Å². The van der Waals surface area contributed by atoms with Gasteiger partial charge in [0.2, 0.25) is 0 Å². The van der Waals surface area contributed by atoms with E-state index in [-0.39, 0.29) is 0 Å². The van der Waals surface area contributed by atoms with Gasteiger partial charge >= 0.3 is 0 Å². The highest BCUT2D eigenvalue weighted by Crippen LogP contribution is 2.24. The van der Waals surface area contributed by atoms with Crippen molar-refractivity contribution in [1.82, 2.24) is 4.90 Å². The van der Waals surface area contributed by atoms with Gasteiger partial charge in [-0.1, -0.05) is 12.1 Å². The van der Waals surface area contributed by atoms with Crippen molar-refractivity contribution < 1.29 is 4.74 Å². The first-order valence-electron chi connectivity index (χ1n) is 6.83. The van der Waals surface area contributed by atoms with Gasteiger partial charge in [-0.2, -0.15) is 0 Å². The number of nitrogens with zero attached hydrogens (tertiary/aromatic N) is 1. The summed E-state index contributed by atoms with van der Waals surface area (Å²) in [7, 11) is 2.19. The summed E-state index contributed by atoms with van der Waals surface area (Å²) in [5, 5.41) is 0. The maximum absolute atomic E-state index is 6.03. The Bertz CT molecular complexity index is 355. The number of piperidine rings is 1. The zero-order valence-electron chi connectivity index (χ0n) is 11.4. The second-order valence-corrected chi connectivity index (χ2v) is 5.31. The largest absolute Gasteiger partial charge is 0.490 e. The van der Waals surface area contributed by atoms with Crippen LogP contribution in [0.3, 0.4) is 0 Å². The van der Waals surface area contributed by atoms with Crippen LogP contribution in [-0.4, -0.2) is 31.1 Å². The monoisotopic (exact) mass is 248 g/mol. The van der Waals surface area contributed by atoms with Crippen molar-refractivity contribution in [3.05, 3.63) is 29.8 Å². The number of rotatable bonds is 4. The van der Waals surface area contributed by atoms with Gasteiger partial charge in [-0.3, -0.25) is 0 Å². The highest BCUT2D eigenvalue weighted by molar-refractivity contribution is 5.27. The van der Waals surface area contributed by atoms with Crippen LogP contribution in [0.2, 0.25) is 0 Å². The molecular formula is C15H24N2O. The summed E-state index contributed by atoms with van der Waals surface area (Å²) in [4.78, 5) is 2.39. The standard InChI is InChI=1S/C15H24N2O/c1-12(14-7-9-17(2)10-8-14)18-15-5-3-13(11-16)4-6-15/h3-6,12,14H,7-11,16H2,1-2H3. The van der Waals surface area contributed by atoms with Crippen LogP contribution < -0.4 is 10.5 Å². The average Bonchev–Trinajstić information content (AvgIpc) is 2.40. The van der Waals surface area contributed by atoms with E-state index in [1.54, 1.807) is 0 Å². The van der Waals surface area contributed by atoms with Gasteiger partial charge in [0.05, 0.1) is 6.10 Å². The topological polar surface area (TPSA) is 38.5 Å². The molecule has 1 aromatic rings. The molecule has 3 nitrogen and oxygen atoms in total. The summed E-state index contributed by atoms with van der Waals surface area (Å²) >= 11 is 0. The first kappa shape index (κ1) is 13.4. The minimum Gasteiger partial charge on any atom is -0.490 e. The fourth-order valence-corrected chi connectivity index (χ4v) is 2.51. The predicted octanol–water partition coefficient (Wildman–Crippen LogP) is 2.25. The van der Waals surface area contributed by atoms with Crippen LogP contribution in [0.1, 0.15) is 25.3 Å². The van der Waals surface area contributed by atoms with Gasteiger partial charge in [-0.25, -0.2) is 0 Å². The Morgan fingerprint density at radius 3 is 2.44 bits per heavy atom. The molecule has 1 aliphatic heterocycles. The smallest absolute Gasteiger partial charge is 0.119 e. The van der Waals surface area contributed by atoms with Crippen molar-refractivity contribution >= 4 is 0 Å². The molecule has 0 aromatic heterocycles. The second-order valence-electron chi connectivity index (χ2n) is 5.31. The Hall–Kier alpha value is -1.06. The van der Waals surface area contributed by atoms with Crippen molar-refractivity contribution in [2.24, 2.45) is 11.7 Å². The number of likely N-dealkylation sites (tertiary alicyclic amines) is 1. The Morgan fingerprint density at radius 2 is 1.89 bits per heavy atom. The molecule has 0 amide bonds. The number of hydrogen-bond donors (Lipinski definition) is 1. The predicted molar refractivity (Wildman–Crippen MR) is 74.6 cm³/mol. The van der Waals surface area contributed by atoms with E-state index in [1.165, 1.54) is 25.9 Å². The quantitative estimate of drug-likeness (QED) is 0.888. The molecule has 1 fully saturated rings. The van der Waals surface area contributed by atoms with Gasteiger partial charge in [-0.15, -0.1) is 0 Å². The zero-order chi connectivity index (χ0) is 13.0. The van der Waals surface area contributed by atoms with Crippen LogP contribution in [0.15, 0.2) is 24.3 Å². The third-order valence-electron chi connectivity index (χ3n) is 3.91. The number of benzene rings is 1. The SMILES string of the molecule is CC(Oc1ccc(CN)cc1)C1CCN(C)CC1. The van der Waals surface area contributed by atoms with Gasteiger partial charge in [0.1, 0.15) is 5.75 Å². The van der Waals surface area contributed by atoms with E-state index in [4.69, 9.17) is 10.5 Å². The summed E-state index contributed by atoms with van der Waals surface area (Å²) in [6, 6.07) is 8.12. The minimum atomic E-state index is 0.294. The molecule has 0 radical (unpaired) electrons. The van der Waals surface area contributed by atoms with Crippen LogP contribution in [0.5, 0.6) is 5.75 Å². The van der Waals surface area contributed by atoms with Crippen molar-refractivity contribution in [1.29, 1.82) is 0 Å². The van der Waals surface area contributed by atoms with Crippen LogP contribution in [0, 0.1) is 5.92 Å². The zero-order valence-corrected chi connectivity index (χ0v) is 11.4. The van der Waals surface area contributed by atoms with Crippen LogP contribution in [-0.2, 0) is 6.54 Å². The molecule has 0 spiro atoms. The summed E-state index contributed by atoms with van der Waals surface area (Å²) in [5.41, 5.74) is 6.73. The molecule has 2 N–H and O–H groups in total. The maximum Gasteiger partial charge on any atom is 0.119 e. The molecule has 1 aromatic carbocycles. The average molecular weight is 248 g/mol. The molecule has 0 saturated carbocycles. The van der Waals surface area contributed by atoms with E-state index >= 15 is 0 Å². The fourth-order valence-electron chi connectivity index (χ4n) is 2.51. The molecule has 1 saturated heterocycles. The lowest BCUT2D eigenvalue weighted by Gasteiger charge is -2.32. The Kier molecular flexibility index (Phi) is 4.61. The first-order valence-corrected chi connectivity index (χ1v) is 6.83. The van der Waals surface area contributed by atoms with Crippen LogP contribution in [0.4, 0.5) is 0 Å². The lowest BCUT2D eigenvalue weighted by molar-refractivity contribution is 0.0977. The van der Waals surface area contributed by atoms with Crippen molar-refractivity contribution in [2.45, 2.75) is 32.4 Å². The van der Waals surface area contributed by atoms with E-state index in [0.29, 0.717) is 18.6 Å². The van der Waals surface area contributed by atoms with Crippen LogP contribution >= 0.6 is 0 Å². The van der Waals surface area contributed by atoms with Crippen molar-refractivity contribution in [3.8, 4) is 5.75 Å². The molecule has 0 bridgehead atoms. The lowest BCUT2D eigenvalue weighted by atomic mass is 9.92. The molecule has 3 heteroatoms. The Morgan fingerprint density at radius 1 is 1.28 bits per heavy atom. The highest BCUT2D eigenvalue weighted by atomic mass is 16.5. The molecule has 18 heavy (non-hydrogen) atoms. The molecule has 0 aliphatic carbocycles. The number of hydrogen-bond acceptors (Lipinski definition) is 3. The summed E-state index contributed by atoms with van der Waals surface area (Å²) in [6.45, 7) is 5.15. The highest BCUT2D eigenvalue weighted by Gasteiger charge is 2.23. The summed E-state index contributed by atoms with van der Waals surface area (Å²) in [5.74, 6) is 1.63. The summed E-state index contributed by atoms with van der Waals surface area (Å²) < 4.78 is 6.03. The molecule has 100 valence electrons. The minimum absolute atomic E-state index is 0.294. The first-order chi connectivity index (χ1) is 8.69. The van der Waals surface area contributed by atoms with Gasteiger partial charge in [0, 0.05) is 6.54 Å². The number of nitrogens with two attached hydrogens (primary N) is 1. The normalized spacial score (nSPS) is 19.7. The van der Waals surface area contributed by atoms with E-state index in [0.717, 1.165) is 11.3 Å². The van der Waals surface area contributed by atoms with E-state index < -0.39 is 0 Å². The summed E-state index contributed by atoms with van der Waals surface area (Å²) in [6.07, 6.45) is 2.76. The third-order valence-corrected chi connectivity index (χ3v) is 3.91. The lowest BCUT2D eigenvalue weighted by Crippen LogP contribution is -2.36.